The fourth-order valence-corrected chi connectivity index (χ4v) is 1.76. The second kappa shape index (κ2) is 4.26. The molecule has 0 aliphatic carbocycles. The van der Waals surface area contributed by atoms with Gasteiger partial charge in [-0.1, -0.05) is 39.3 Å². The molecule has 17 heavy (non-hydrogen) atoms. The summed E-state index contributed by atoms with van der Waals surface area (Å²) in [5, 5.41) is 0.697. The van der Waals surface area contributed by atoms with E-state index in [0.29, 0.717) is 10.9 Å². The van der Waals surface area contributed by atoms with Crippen LogP contribution >= 0.6 is 11.6 Å². The van der Waals surface area contributed by atoms with E-state index in [9.17, 15) is 0 Å². The SMILES string of the molecule is CC(C)C(C)(C)c1cnc2cc(Cl)ccc2n1. The average molecular weight is 249 g/mol. The lowest BCUT2D eigenvalue weighted by Crippen LogP contribution is -2.25. The topological polar surface area (TPSA) is 25.8 Å². The smallest absolute Gasteiger partial charge is 0.0901 e. The highest BCUT2D eigenvalue weighted by atomic mass is 35.5. The van der Waals surface area contributed by atoms with Crippen LogP contribution in [-0.2, 0) is 5.41 Å². The molecule has 2 rings (SSSR count). The van der Waals surface area contributed by atoms with Gasteiger partial charge in [-0.3, -0.25) is 4.98 Å². The molecular formula is C14H17ClN2. The molecule has 0 bridgehead atoms. The third kappa shape index (κ3) is 2.27. The van der Waals surface area contributed by atoms with Crippen molar-refractivity contribution < 1.29 is 0 Å². The Morgan fingerprint density at radius 3 is 2.53 bits per heavy atom. The van der Waals surface area contributed by atoms with Gasteiger partial charge in [-0.15, -0.1) is 0 Å². The minimum atomic E-state index is 0.0286. The summed E-state index contributed by atoms with van der Waals surface area (Å²) in [4.78, 5) is 9.13. The minimum Gasteiger partial charge on any atom is -0.253 e. The minimum absolute atomic E-state index is 0.0286. The highest BCUT2D eigenvalue weighted by Crippen LogP contribution is 2.30. The summed E-state index contributed by atoms with van der Waals surface area (Å²) in [5.41, 5.74) is 2.81. The van der Waals surface area contributed by atoms with Crippen LogP contribution in [-0.4, -0.2) is 9.97 Å². The Kier molecular flexibility index (Phi) is 3.09. The Bertz CT molecular complexity index is 547. The van der Waals surface area contributed by atoms with Crippen molar-refractivity contribution in [2.45, 2.75) is 33.1 Å². The molecule has 0 aliphatic rings. The molecule has 2 aromatic rings. The molecule has 0 radical (unpaired) electrons. The quantitative estimate of drug-likeness (QED) is 0.795. The van der Waals surface area contributed by atoms with E-state index in [0.717, 1.165) is 16.7 Å². The van der Waals surface area contributed by atoms with Gasteiger partial charge in [0.1, 0.15) is 0 Å². The van der Waals surface area contributed by atoms with Crippen molar-refractivity contribution in [3.8, 4) is 0 Å². The predicted molar refractivity (Wildman–Crippen MR) is 72.4 cm³/mol. The lowest BCUT2D eigenvalue weighted by atomic mass is 9.78. The molecule has 0 spiro atoms. The highest BCUT2D eigenvalue weighted by Gasteiger charge is 2.26. The van der Waals surface area contributed by atoms with Gasteiger partial charge in [-0.05, 0) is 24.1 Å². The first-order valence-electron chi connectivity index (χ1n) is 5.84. The molecular weight excluding hydrogens is 232 g/mol. The van der Waals surface area contributed by atoms with E-state index in [4.69, 9.17) is 11.6 Å². The largest absolute Gasteiger partial charge is 0.253 e. The summed E-state index contributed by atoms with van der Waals surface area (Å²) in [6, 6.07) is 5.62. The van der Waals surface area contributed by atoms with Crippen molar-refractivity contribution in [3.05, 3.63) is 35.1 Å². The zero-order valence-electron chi connectivity index (χ0n) is 10.7. The molecule has 0 atom stereocenters. The van der Waals surface area contributed by atoms with E-state index in [1.165, 1.54) is 0 Å². The van der Waals surface area contributed by atoms with Gasteiger partial charge in [-0.2, -0.15) is 0 Å². The molecule has 0 amide bonds. The molecule has 1 heterocycles. The van der Waals surface area contributed by atoms with E-state index < -0.39 is 0 Å². The van der Waals surface area contributed by atoms with Crippen LogP contribution in [0.5, 0.6) is 0 Å². The Morgan fingerprint density at radius 2 is 1.88 bits per heavy atom. The van der Waals surface area contributed by atoms with Crippen LogP contribution in [0.1, 0.15) is 33.4 Å². The van der Waals surface area contributed by atoms with Crippen molar-refractivity contribution in [3.63, 3.8) is 0 Å². The van der Waals surface area contributed by atoms with Crippen molar-refractivity contribution in [1.82, 2.24) is 9.97 Å². The van der Waals surface area contributed by atoms with E-state index in [-0.39, 0.29) is 5.41 Å². The average Bonchev–Trinajstić information content (AvgIpc) is 2.28. The number of halogens is 1. The molecule has 0 aliphatic heterocycles. The fraction of sp³-hybridized carbons (Fsp3) is 0.429. The highest BCUT2D eigenvalue weighted by molar-refractivity contribution is 6.31. The first-order valence-corrected chi connectivity index (χ1v) is 6.22. The van der Waals surface area contributed by atoms with Gasteiger partial charge in [0.2, 0.25) is 0 Å². The van der Waals surface area contributed by atoms with Gasteiger partial charge >= 0.3 is 0 Å². The monoisotopic (exact) mass is 248 g/mol. The first kappa shape index (κ1) is 12.3. The van der Waals surface area contributed by atoms with Crippen molar-refractivity contribution >= 4 is 22.6 Å². The van der Waals surface area contributed by atoms with Gasteiger partial charge in [-0.25, -0.2) is 4.98 Å². The number of hydrogen-bond acceptors (Lipinski definition) is 2. The molecule has 0 fully saturated rings. The molecule has 3 heteroatoms. The van der Waals surface area contributed by atoms with Gasteiger partial charge in [0.05, 0.1) is 16.7 Å². The standard InChI is InChI=1S/C14H17ClN2/c1-9(2)14(3,4)13-8-16-12-7-10(15)5-6-11(12)17-13/h5-9H,1-4H3. The number of rotatable bonds is 2. The molecule has 1 aromatic carbocycles. The second-order valence-corrected chi connectivity index (χ2v) is 5.70. The maximum Gasteiger partial charge on any atom is 0.0901 e. The van der Waals surface area contributed by atoms with Gasteiger partial charge in [0.25, 0.3) is 0 Å². The van der Waals surface area contributed by atoms with E-state index >= 15 is 0 Å². The fourth-order valence-electron chi connectivity index (χ4n) is 1.59. The van der Waals surface area contributed by atoms with Crippen LogP contribution in [0.3, 0.4) is 0 Å². The number of benzene rings is 1. The summed E-state index contributed by atoms with van der Waals surface area (Å²) in [6.07, 6.45) is 1.86. The van der Waals surface area contributed by atoms with Crippen molar-refractivity contribution in [1.29, 1.82) is 0 Å². The van der Waals surface area contributed by atoms with Crippen LogP contribution in [0.4, 0.5) is 0 Å². The zero-order chi connectivity index (χ0) is 12.6. The Hall–Kier alpha value is -1.15. The third-order valence-corrected chi connectivity index (χ3v) is 3.84. The number of hydrogen-bond donors (Lipinski definition) is 0. The molecule has 2 nitrogen and oxygen atoms in total. The number of fused-ring (bicyclic) bond motifs is 1. The van der Waals surface area contributed by atoms with Gasteiger partial charge in [0, 0.05) is 16.6 Å². The lowest BCUT2D eigenvalue weighted by molar-refractivity contribution is 0.362. The Morgan fingerprint density at radius 1 is 1.18 bits per heavy atom. The van der Waals surface area contributed by atoms with Crippen LogP contribution in [0.2, 0.25) is 5.02 Å². The third-order valence-electron chi connectivity index (χ3n) is 3.61. The van der Waals surface area contributed by atoms with Crippen LogP contribution in [0.25, 0.3) is 11.0 Å². The number of aromatic nitrogens is 2. The normalized spacial score (nSPS) is 12.4. The van der Waals surface area contributed by atoms with Crippen molar-refractivity contribution in [2.24, 2.45) is 5.92 Å². The summed E-state index contributed by atoms with van der Waals surface area (Å²) < 4.78 is 0. The zero-order valence-corrected chi connectivity index (χ0v) is 11.4. The second-order valence-electron chi connectivity index (χ2n) is 5.26. The van der Waals surface area contributed by atoms with Gasteiger partial charge < -0.3 is 0 Å². The maximum atomic E-state index is 5.93. The predicted octanol–water partition coefficient (Wildman–Crippen LogP) is 4.22. The molecule has 90 valence electrons. The first-order chi connectivity index (χ1) is 7.91. The van der Waals surface area contributed by atoms with Gasteiger partial charge in [0.15, 0.2) is 0 Å². The van der Waals surface area contributed by atoms with E-state index in [2.05, 4.69) is 37.7 Å². The Labute approximate surface area is 107 Å². The molecule has 0 saturated heterocycles. The summed E-state index contributed by atoms with van der Waals surface area (Å²) >= 11 is 5.93. The Balaban J connectivity index is 2.56. The van der Waals surface area contributed by atoms with E-state index in [1.807, 2.05) is 24.4 Å². The molecule has 1 aromatic heterocycles. The maximum absolute atomic E-state index is 5.93. The van der Waals surface area contributed by atoms with Crippen LogP contribution < -0.4 is 0 Å². The summed E-state index contributed by atoms with van der Waals surface area (Å²) in [7, 11) is 0. The molecule has 0 N–H and O–H groups in total. The molecule has 0 saturated carbocycles. The summed E-state index contributed by atoms with van der Waals surface area (Å²) in [5.74, 6) is 0.515. The van der Waals surface area contributed by atoms with Crippen LogP contribution in [0, 0.1) is 5.92 Å². The number of nitrogens with zero attached hydrogens (tertiary/aromatic N) is 2. The van der Waals surface area contributed by atoms with Crippen LogP contribution in [0.15, 0.2) is 24.4 Å². The van der Waals surface area contributed by atoms with Crippen molar-refractivity contribution in [2.75, 3.05) is 0 Å². The molecule has 0 unspecified atom stereocenters. The summed E-state index contributed by atoms with van der Waals surface area (Å²) in [6.45, 7) is 8.80. The lowest BCUT2D eigenvalue weighted by Gasteiger charge is -2.28. The van der Waals surface area contributed by atoms with E-state index in [1.54, 1.807) is 0 Å².